The van der Waals surface area contributed by atoms with Gasteiger partial charge >= 0.3 is 0 Å². The van der Waals surface area contributed by atoms with Gasteiger partial charge in [0, 0.05) is 25.0 Å². The Morgan fingerprint density at radius 2 is 2.38 bits per heavy atom. The van der Waals surface area contributed by atoms with Crippen molar-refractivity contribution in [2.24, 2.45) is 5.73 Å². The van der Waals surface area contributed by atoms with Crippen molar-refractivity contribution in [3.8, 4) is 6.07 Å². The molecule has 1 aliphatic rings. The molecule has 13 heavy (non-hydrogen) atoms. The third-order valence-electron chi connectivity index (χ3n) is 2.78. The second-order valence-corrected chi connectivity index (χ2v) is 3.87. The van der Waals surface area contributed by atoms with Crippen molar-refractivity contribution in [2.45, 2.75) is 44.7 Å². The lowest BCUT2D eigenvalue weighted by molar-refractivity contribution is 0.134. The minimum atomic E-state index is 0.235. The molecular formula is C10H19N3. The average molecular weight is 181 g/mol. The zero-order valence-electron chi connectivity index (χ0n) is 8.37. The van der Waals surface area contributed by atoms with Crippen LogP contribution in [0.15, 0.2) is 0 Å². The van der Waals surface area contributed by atoms with Gasteiger partial charge in [0.1, 0.15) is 0 Å². The van der Waals surface area contributed by atoms with Crippen molar-refractivity contribution in [1.29, 1.82) is 5.26 Å². The van der Waals surface area contributed by atoms with E-state index in [1.165, 1.54) is 19.3 Å². The molecule has 1 fully saturated rings. The Morgan fingerprint density at radius 1 is 1.62 bits per heavy atom. The van der Waals surface area contributed by atoms with Crippen LogP contribution in [0.5, 0.6) is 0 Å². The predicted octanol–water partition coefficient (Wildman–Crippen LogP) is 1.10. The molecule has 2 unspecified atom stereocenters. The molecule has 2 N–H and O–H groups in total. The minimum Gasteiger partial charge on any atom is -0.327 e. The zero-order valence-corrected chi connectivity index (χ0v) is 8.37. The Kier molecular flexibility index (Phi) is 4.20. The van der Waals surface area contributed by atoms with Crippen LogP contribution in [0.25, 0.3) is 0 Å². The number of rotatable bonds is 3. The van der Waals surface area contributed by atoms with Gasteiger partial charge in [0.15, 0.2) is 0 Å². The first-order valence-corrected chi connectivity index (χ1v) is 5.12. The number of likely N-dealkylation sites (tertiary alicyclic amines) is 1. The summed E-state index contributed by atoms with van der Waals surface area (Å²) in [5.74, 6) is 0. The number of hydrogen-bond donors (Lipinski definition) is 1. The monoisotopic (exact) mass is 181 g/mol. The molecule has 0 radical (unpaired) electrons. The lowest BCUT2D eigenvalue weighted by atomic mass is 9.97. The fourth-order valence-corrected chi connectivity index (χ4v) is 2.08. The maximum atomic E-state index is 8.51. The van der Waals surface area contributed by atoms with Gasteiger partial charge in [0.05, 0.1) is 6.07 Å². The quantitative estimate of drug-likeness (QED) is 0.709. The van der Waals surface area contributed by atoms with E-state index in [0.29, 0.717) is 12.5 Å². The van der Waals surface area contributed by atoms with Gasteiger partial charge in [-0.3, -0.25) is 4.90 Å². The molecule has 1 aliphatic heterocycles. The normalized spacial score (nSPS) is 26.7. The Labute approximate surface area is 80.5 Å². The highest BCUT2D eigenvalue weighted by Gasteiger charge is 2.24. The first kappa shape index (κ1) is 10.5. The Balaban J connectivity index is 2.42. The molecule has 1 rings (SSSR count). The highest BCUT2D eigenvalue weighted by atomic mass is 15.2. The highest BCUT2D eigenvalue weighted by Crippen LogP contribution is 2.18. The van der Waals surface area contributed by atoms with Gasteiger partial charge in [0.25, 0.3) is 0 Å². The van der Waals surface area contributed by atoms with Gasteiger partial charge in [-0.25, -0.2) is 0 Å². The maximum Gasteiger partial charge on any atom is 0.0635 e. The predicted molar refractivity (Wildman–Crippen MR) is 53.1 cm³/mol. The molecule has 0 amide bonds. The van der Waals surface area contributed by atoms with Crippen LogP contribution in [0.3, 0.4) is 0 Å². The molecule has 3 nitrogen and oxygen atoms in total. The third-order valence-corrected chi connectivity index (χ3v) is 2.78. The van der Waals surface area contributed by atoms with Crippen LogP contribution < -0.4 is 5.73 Å². The number of nitrogens with two attached hydrogens (primary N) is 1. The van der Waals surface area contributed by atoms with Gasteiger partial charge in [-0.05, 0) is 26.3 Å². The van der Waals surface area contributed by atoms with Gasteiger partial charge < -0.3 is 5.73 Å². The zero-order chi connectivity index (χ0) is 9.68. The molecule has 0 aliphatic carbocycles. The first-order valence-electron chi connectivity index (χ1n) is 5.12. The highest BCUT2D eigenvalue weighted by molar-refractivity contribution is 4.85. The van der Waals surface area contributed by atoms with E-state index in [-0.39, 0.29) is 6.04 Å². The van der Waals surface area contributed by atoms with Crippen molar-refractivity contribution in [3.05, 3.63) is 0 Å². The second-order valence-electron chi connectivity index (χ2n) is 3.87. The molecule has 74 valence electrons. The fraction of sp³-hybridized carbons (Fsp3) is 0.900. The largest absolute Gasteiger partial charge is 0.327 e. The molecule has 0 aromatic rings. The molecule has 3 heteroatoms. The summed E-state index contributed by atoms with van der Waals surface area (Å²) in [6, 6.07) is 2.93. The van der Waals surface area contributed by atoms with Gasteiger partial charge in [0.2, 0.25) is 0 Å². The molecule has 0 saturated carbocycles. The van der Waals surface area contributed by atoms with Crippen LogP contribution in [0.4, 0.5) is 0 Å². The van der Waals surface area contributed by atoms with Gasteiger partial charge in [-0.1, -0.05) is 6.42 Å². The topological polar surface area (TPSA) is 53.0 Å². The molecule has 1 saturated heterocycles. The van der Waals surface area contributed by atoms with Crippen molar-refractivity contribution in [2.75, 3.05) is 13.1 Å². The van der Waals surface area contributed by atoms with Gasteiger partial charge in [-0.2, -0.15) is 5.26 Å². The minimum absolute atomic E-state index is 0.235. The summed E-state index contributed by atoms with van der Waals surface area (Å²) in [4.78, 5) is 2.37. The Bertz CT molecular complexity index is 183. The molecule has 1 heterocycles. The van der Waals surface area contributed by atoms with E-state index < -0.39 is 0 Å². The van der Waals surface area contributed by atoms with Crippen LogP contribution >= 0.6 is 0 Å². The summed E-state index contributed by atoms with van der Waals surface area (Å²) in [5, 5.41) is 8.51. The third kappa shape index (κ3) is 2.98. The first-order chi connectivity index (χ1) is 6.25. The number of nitrogens with zero attached hydrogens (tertiary/aromatic N) is 2. The lowest BCUT2D eigenvalue weighted by Crippen LogP contribution is -2.49. The molecule has 0 aromatic carbocycles. The van der Waals surface area contributed by atoms with Crippen LogP contribution in [0, 0.1) is 11.3 Å². The maximum absolute atomic E-state index is 8.51. The molecule has 0 aromatic heterocycles. The second kappa shape index (κ2) is 5.21. The number of piperidine rings is 1. The van der Waals surface area contributed by atoms with Crippen LogP contribution in [0.1, 0.15) is 32.6 Å². The van der Waals surface area contributed by atoms with E-state index >= 15 is 0 Å². The SMILES string of the molecule is CC(N)C1CCCCN1CCC#N. The smallest absolute Gasteiger partial charge is 0.0635 e. The number of hydrogen-bond acceptors (Lipinski definition) is 3. The van der Waals surface area contributed by atoms with Crippen molar-refractivity contribution in [1.82, 2.24) is 4.90 Å². The Morgan fingerprint density at radius 3 is 3.00 bits per heavy atom. The van der Waals surface area contributed by atoms with Crippen molar-refractivity contribution >= 4 is 0 Å². The van der Waals surface area contributed by atoms with Crippen LogP contribution in [0.2, 0.25) is 0 Å². The standard InChI is InChI=1S/C10H19N3/c1-9(12)10-5-2-3-7-13(10)8-4-6-11/h9-10H,2-5,7-8,12H2,1H3. The summed E-state index contributed by atoms with van der Waals surface area (Å²) in [6.07, 6.45) is 4.37. The Hall–Kier alpha value is -0.590. The van der Waals surface area contributed by atoms with E-state index in [2.05, 4.69) is 17.9 Å². The van der Waals surface area contributed by atoms with E-state index in [9.17, 15) is 0 Å². The lowest BCUT2D eigenvalue weighted by Gasteiger charge is -2.37. The molecule has 0 bridgehead atoms. The summed E-state index contributed by atoms with van der Waals surface area (Å²) >= 11 is 0. The summed E-state index contributed by atoms with van der Waals surface area (Å²) in [6.45, 7) is 4.08. The fourth-order valence-electron chi connectivity index (χ4n) is 2.08. The van der Waals surface area contributed by atoms with Crippen LogP contribution in [-0.2, 0) is 0 Å². The molecule has 0 spiro atoms. The summed E-state index contributed by atoms with van der Waals surface area (Å²) < 4.78 is 0. The van der Waals surface area contributed by atoms with Crippen LogP contribution in [-0.4, -0.2) is 30.1 Å². The van der Waals surface area contributed by atoms with Crippen molar-refractivity contribution < 1.29 is 0 Å². The summed E-state index contributed by atoms with van der Waals surface area (Å²) in [5.41, 5.74) is 5.90. The summed E-state index contributed by atoms with van der Waals surface area (Å²) in [7, 11) is 0. The average Bonchev–Trinajstić information content (AvgIpc) is 2.15. The molecule has 2 atom stereocenters. The molecular weight excluding hydrogens is 162 g/mol. The van der Waals surface area contributed by atoms with E-state index in [1.807, 2.05) is 0 Å². The van der Waals surface area contributed by atoms with Crippen molar-refractivity contribution in [3.63, 3.8) is 0 Å². The van der Waals surface area contributed by atoms with E-state index in [4.69, 9.17) is 11.0 Å². The van der Waals surface area contributed by atoms with E-state index in [1.54, 1.807) is 0 Å². The number of nitriles is 1. The van der Waals surface area contributed by atoms with E-state index in [0.717, 1.165) is 13.1 Å². The van der Waals surface area contributed by atoms with Gasteiger partial charge in [-0.15, -0.1) is 0 Å².